The molecule has 0 heterocycles. The molecule has 0 aromatic heterocycles. The number of fused-ring (bicyclic) bond motifs is 2. The standard InChI is InChI=1S/C36H22Br2/c37-36(38)24-33-23-35(32-19-17-27-11-5-7-13-29(27)21-32)34(22-30(33)15-14-25-8-2-1-3-9-25)31-18-16-26-10-4-6-12-28(26)20-31/h1-13,16-24H. The SMILES string of the molecule is BrC(Br)=Cc1cc(-c2ccc3ccccc3c2)c(-c2ccc3ccccc3c2)cc1C#Cc1ccccc1. The van der Waals surface area contributed by atoms with Crippen LogP contribution in [0.5, 0.6) is 0 Å². The van der Waals surface area contributed by atoms with Crippen molar-refractivity contribution in [1.82, 2.24) is 0 Å². The minimum atomic E-state index is 0.871. The quantitative estimate of drug-likeness (QED) is 0.174. The molecule has 0 saturated carbocycles. The van der Waals surface area contributed by atoms with E-state index >= 15 is 0 Å². The molecule has 0 radical (unpaired) electrons. The third-order valence-electron chi connectivity index (χ3n) is 6.69. The maximum Gasteiger partial charge on any atom is 0.0610 e. The molecule has 0 unspecified atom stereocenters. The van der Waals surface area contributed by atoms with E-state index in [1.165, 1.54) is 38.2 Å². The first-order chi connectivity index (χ1) is 18.6. The van der Waals surface area contributed by atoms with Crippen molar-refractivity contribution in [3.05, 3.63) is 147 Å². The van der Waals surface area contributed by atoms with Crippen LogP contribution in [0.2, 0.25) is 0 Å². The Morgan fingerprint density at radius 2 is 1.03 bits per heavy atom. The van der Waals surface area contributed by atoms with Gasteiger partial charge < -0.3 is 0 Å². The van der Waals surface area contributed by atoms with Crippen LogP contribution in [-0.4, -0.2) is 0 Å². The Labute approximate surface area is 239 Å². The molecule has 0 spiro atoms. The van der Waals surface area contributed by atoms with E-state index < -0.39 is 0 Å². The minimum absolute atomic E-state index is 0.871. The van der Waals surface area contributed by atoms with Crippen LogP contribution in [0, 0.1) is 11.8 Å². The largest absolute Gasteiger partial charge is 0.0622 e. The number of rotatable bonds is 3. The van der Waals surface area contributed by atoms with Gasteiger partial charge in [0, 0.05) is 11.1 Å². The van der Waals surface area contributed by atoms with Crippen molar-refractivity contribution in [2.24, 2.45) is 0 Å². The molecular formula is C36H22Br2. The predicted molar refractivity (Wildman–Crippen MR) is 171 cm³/mol. The summed E-state index contributed by atoms with van der Waals surface area (Å²) in [4.78, 5) is 0. The van der Waals surface area contributed by atoms with E-state index in [0.717, 1.165) is 25.6 Å². The number of hydrogen-bond acceptors (Lipinski definition) is 0. The van der Waals surface area contributed by atoms with Gasteiger partial charge in [-0.3, -0.25) is 0 Å². The Kier molecular flexibility index (Phi) is 6.97. The van der Waals surface area contributed by atoms with Crippen LogP contribution in [-0.2, 0) is 0 Å². The molecule has 0 fully saturated rings. The highest BCUT2D eigenvalue weighted by molar-refractivity contribution is 9.28. The molecule has 0 aliphatic rings. The number of hydrogen-bond donors (Lipinski definition) is 0. The first-order valence-electron chi connectivity index (χ1n) is 12.4. The Hall–Kier alpha value is -3.90. The van der Waals surface area contributed by atoms with Gasteiger partial charge in [0.15, 0.2) is 0 Å². The lowest BCUT2D eigenvalue weighted by Crippen LogP contribution is -1.92. The third-order valence-corrected chi connectivity index (χ3v) is 7.15. The fourth-order valence-corrected chi connectivity index (χ4v) is 5.31. The van der Waals surface area contributed by atoms with Gasteiger partial charge in [0.1, 0.15) is 0 Å². The Balaban J connectivity index is 1.62. The minimum Gasteiger partial charge on any atom is -0.0622 e. The lowest BCUT2D eigenvalue weighted by molar-refractivity contribution is 1.55. The average molecular weight is 614 g/mol. The van der Waals surface area contributed by atoms with Crippen molar-refractivity contribution in [2.45, 2.75) is 0 Å². The summed E-state index contributed by atoms with van der Waals surface area (Å²) < 4.78 is 0.871. The molecule has 0 amide bonds. The molecular weight excluding hydrogens is 592 g/mol. The van der Waals surface area contributed by atoms with Gasteiger partial charge >= 0.3 is 0 Å². The molecule has 6 aromatic rings. The van der Waals surface area contributed by atoms with Crippen LogP contribution in [0.1, 0.15) is 16.7 Å². The second-order valence-corrected chi connectivity index (χ2v) is 11.9. The van der Waals surface area contributed by atoms with Crippen molar-refractivity contribution in [1.29, 1.82) is 0 Å². The summed E-state index contributed by atoms with van der Waals surface area (Å²) in [6.07, 6.45) is 2.07. The van der Waals surface area contributed by atoms with E-state index in [-0.39, 0.29) is 0 Å². The summed E-state index contributed by atoms with van der Waals surface area (Å²) in [7, 11) is 0. The fraction of sp³-hybridized carbons (Fsp3) is 0. The van der Waals surface area contributed by atoms with E-state index in [1.807, 2.05) is 30.3 Å². The number of benzene rings is 6. The Bertz CT molecular complexity index is 1880. The zero-order valence-corrected chi connectivity index (χ0v) is 23.6. The maximum atomic E-state index is 3.57. The van der Waals surface area contributed by atoms with Gasteiger partial charge in [0.05, 0.1) is 3.39 Å². The maximum absolute atomic E-state index is 3.57. The van der Waals surface area contributed by atoms with E-state index in [9.17, 15) is 0 Å². The smallest absolute Gasteiger partial charge is 0.0610 e. The van der Waals surface area contributed by atoms with Gasteiger partial charge in [-0.1, -0.05) is 103 Å². The van der Waals surface area contributed by atoms with Crippen molar-refractivity contribution >= 4 is 59.5 Å². The third kappa shape index (κ3) is 5.22. The van der Waals surface area contributed by atoms with E-state index in [2.05, 4.69) is 147 Å². The molecule has 0 aliphatic heterocycles. The highest BCUT2D eigenvalue weighted by atomic mass is 79.9. The van der Waals surface area contributed by atoms with Gasteiger partial charge in [-0.05, 0) is 124 Å². The van der Waals surface area contributed by atoms with Crippen LogP contribution >= 0.6 is 31.9 Å². The number of halogens is 2. The van der Waals surface area contributed by atoms with Gasteiger partial charge in [-0.2, -0.15) is 0 Å². The van der Waals surface area contributed by atoms with Crippen LogP contribution in [0.15, 0.2) is 131 Å². The van der Waals surface area contributed by atoms with Gasteiger partial charge in [0.2, 0.25) is 0 Å². The average Bonchev–Trinajstić information content (AvgIpc) is 2.96. The highest BCUT2D eigenvalue weighted by Crippen LogP contribution is 2.38. The summed E-state index contributed by atoms with van der Waals surface area (Å²) >= 11 is 7.15. The molecule has 0 atom stereocenters. The van der Waals surface area contributed by atoms with Crippen molar-refractivity contribution < 1.29 is 0 Å². The zero-order valence-electron chi connectivity index (χ0n) is 20.5. The van der Waals surface area contributed by atoms with Crippen LogP contribution in [0.3, 0.4) is 0 Å². The molecule has 180 valence electrons. The molecule has 0 nitrogen and oxygen atoms in total. The molecule has 0 aliphatic carbocycles. The fourth-order valence-electron chi connectivity index (χ4n) is 4.81. The van der Waals surface area contributed by atoms with E-state index in [4.69, 9.17) is 0 Å². The van der Waals surface area contributed by atoms with Crippen LogP contribution in [0.4, 0.5) is 0 Å². The summed E-state index contributed by atoms with van der Waals surface area (Å²) in [6, 6.07) is 45.0. The lowest BCUT2D eigenvalue weighted by Gasteiger charge is -2.15. The summed E-state index contributed by atoms with van der Waals surface area (Å²) in [5.74, 6) is 6.81. The van der Waals surface area contributed by atoms with Crippen molar-refractivity contribution in [2.75, 3.05) is 0 Å². The summed E-state index contributed by atoms with van der Waals surface area (Å²) in [6.45, 7) is 0. The van der Waals surface area contributed by atoms with E-state index in [1.54, 1.807) is 0 Å². The summed E-state index contributed by atoms with van der Waals surface area (Å²) in [5, 5.41) is 4.91. The van der Waals surface area contributed by atoms with Crippen molar-refractivity contribution in [3.63, 3.8) is 0 Å². The van der Waals surface area contributed by atoms with Crippen molar-refractivity contribution in [3.8, 4) is 34.1 Å². The zero-order chi connectivity index (χ0) is 25.9. The predicted octanol–water partition coefficient (Wildman–Crippen LogP) is 10.8. The molecule has 6 aromatic carbocycles. The topological polar surface area (TPSA) is 0 Å². The molecule has 2 heteroatoms. The molecule has 0 bridgehead atoms. The van der Waals surface area contributed by atoms with Crippen LogP contribution in [0.25, 0.3) is 49.9 Å². The summed E-state index contributed by atoms with van der Waals surface area (Å²) in [5.41, 5.74) is 7.68. The Morgan fingerprint density at radius 3 is 1.61 bits per heavy atom. The van der Waals surface area contributed by atoms with Gasteiger partial charge in [0.25, 0.3) is 0 Å². The molecule has 0 saturated heterocycles. The lowest BCUT2D eigenvalue weighted by atomic mass is 9.88. The Morgan fingerprint density at radius 1 is 0.500 bits per heavy atom. The van der Waals surface area contributed by atoms with E-state index in [0.29, 0.717) is 0 Å². The second kappa shape index (κ2) is 10.8. The first-order valence-corrected chi connectivity index (χ1v) is 14.0. The second-order valence-electron chi connectivity index (χ2n) is 9.16. The normalized spacial score (nSPS) is 10.7. The highest BCUT2D eigenvalue weighted by Gasteiger charge is 2.13. The van der Waals surface area contributed by atoms with Gasteiger partial charge in [-0.15, -0.1) is 0 Å². The van der Waals surface area contributed by atoms with Crippen LogP contribution < -0.4 is 0 Å². The molecule has 38 heavy (non-hydrogen) atoms. The first kappa shape index (κ1) is 24.4. The molecule has 0 N–H and O–H groups in total. The monoisotopic (exact) mass is 612 g/mol. The molecule has 6 rings (SSSR count). The van der Waals surface area contributed by atoms with Gasteiger partial charge in [-0.25, -0.2) is 0 Å².